The summed E-state index contributed by atoms with van der Waals surface area (Å²) in [5, 5.41) is 3.19. The maximum absolute atomic E-state index is 12.4. The molecule has 0 aromatic heterocycles. The van der Waals surface area contributed by atoms with Crippen LogP contribution in [0.4, 0.5) is 11.4 Å². The SMILES string of the molecule is COc1cc(NC(=O)c2cccc(N)c2C)c(OC)cc1Cl. The van der Waals surface area contributed by atoms with Crippen molar-refractivity contribution in [2.75, 3.05) is 25.3 Å². The first-order valence-electron chi connectivity index (χ1n) is 6.56. The van der Waals surface area contributed by atoms with Crippen molar-refractivity contribution in [3.8, 4) is 11.5 Å². The number of benzene rings is 2. The van der Waals surface area contributed by atoms with E-state index < -0.39 is 0 Å². The quantitative estimate of drug-likeness (QED) is 0.846. The number of carbonyl (C=O) groups is 1. The summed E-state index contributed by atoms with van der Waals surface area (Å²) < 4.78 is 10.4. The van der Waals surface area contributed by atoms with Crippen molar-refractivity contribution in [1.29, 1.82) is 0 Å². The number of hydrogen-bond acceptors (Lipinski definition) is 4. The summed E-state index contributed by atoms with van der Waals surface area (Å²) in [6.45, 7) is 1.80. The summed E-state index contributed by atoms with van der Waals surface area (Å²) in [4.78, 5) is 12.4. The van der Waals surface area contributed by atoms with Crippen LogP contribution in [0.15, 0.2) is 30.3 Å². The van der Waals surface area contributed by atoms with Gasteiger partial charge in [-0.3, -0.25) is 4.79 Å². The molecule has 0 radical (unpaired) electrons. The molecule has 0 aliphatic rings. The van der Waals surface area contributed by atoms with E-state index >= 15 is 0 Å². The number of nitrogens with two attached hydrogens (primary N) is 1. The van der Waals surface area contributed by atoms with E-state index in [1.165, 1.54) is 14.2 Å². The predicted octanol–water partition coefficient (Wildman–Crippen LogP) is 3.50. The molecule has 0 aliphatic heterocycles. The number of rotatable bonds is 4. The molecule has 0 aliphatic carbocycles. The van der Waals surface area contributed by atoms with Crippen molar-refractivity contribution in [2.24, 2.45) is 0 Å². The highest BCUT2D eigenvalue weighted by atomic mass is 35.5. The molecular formula is C16H17ClN2O3. The molecule has 0 bridgehead atoms. The summed E-state index contributed by atoms with van der Waals surface area (Å²) in [5.41, 5.74) is 8.08. The molecule has 0 unspecified atom stereocenters. The zero-order valence-electron chi connectivity index (χ0n) is 12.6. The van der Waals surface area contributed by atoms with E-state index in [1.54, 1.807) is 37.3 Å². The van der Waals surface area contributed by atoms with Crippen molar-refractivity contribution in [3.63, 3.8) is 0 Å². The fourth-order valence-corrected chi connectivity index (χ4v) is 2.28. The van der Waals surface area contributed by atoms with E-state index in [1.807, 2.05) is 0 Å². The second kappa shape index (κ2) is 6.58. The lowest BCUT2D eigenvalue weighted by molar-refractivity contribution is 0.102. The van der Waals surface area contributed by atoms with Crippen molar-refractivity contribution in [1.82, 2.24) is 0 Å². The predicted molar refractivity (Wildman–Crippen MR) is 88.1 cm³/mol. The van der Waals surface area contributed by atoms with Gasteiger partial charge in [0, 0.05) is 23.4 Å². The lowest BCUT2D eigenvalue weighted by Gasteiger charge is -2.14. The molecule has 0 spiro atoms. The highest BCUT2D eigenvalue weighted by molar-refractivity contribution is 6.32. The van der Waals surface area contributed by atoms with Crippen LogP contribution in [0.5, 0.6) is 11.5 Å². The van der Waals surface area contributed by atoms with Gasteiger partial charge in [0.15, 0.2) is 0 Å². The molecule has 0 atom stereocenters. The van der Waals surface area contributed by atoms with Gasteiger partial charge in [-0.15, -0.1) is 0 Å². The fraction of sp³-hybridized carbons (Fsp3) is 0.188. The molecule has 2 rings (SSSR count). The summed E-state index contributed by atoms with van der Waals surface area (Å²) in [6, 6.07) is 8.39. The van der Waals surface area contributed by atoms with E-state index in [4.69, 9.17) is 26.8 Å². The Morgan fingerprint density at radius 3 is 2.50 bits per heavy atom. The van der Waals surface area contributed by atoms with Crippen molar-refractivity contribution >= 4 is 28.9 Å². The Bertz CT molecular complexity index is 717. The van der Waals surface area contributed by atoms with Gasteiger partial charge in [-0.05, 0) is 24.6 Å². The second-order valence-electron chi connectivity index (χ2n) is 4.66. The Hall–Kier alpha value is -2.40. The number of nitrogen functional groups attached to an aromatic ring is 1. The standard InChI is InChI=1S/C16H17ClN2O3/c1-9-10(5-4-6-12(9)18)16(20)19-13-8-14(21-2)11(17)7-15(13)22-3/h4-8H,18H2,1-3H3,(H,19,20). The van der Waals surface area contributed by atoms with Crippen LogP contribution in [0.25, 0.3) is 0 Å². The number of methoxy groups -OCH3 is 2. The van der Waals surface area contributed by atoms with E-state index in [0.29, 0.717) is 33.5 Å². The van der Waals surface area contributed by atoms with Crippen LogP contribution in [0.1, 0.15) is 15.9 Å². The molecule has 2 aromatic carbocycles. The first kappa shape index (κ1) is 16.0. The lowest BCUT2D eigenvalue weighted by Crippen LogP contribution is -2.15. The van der Waals surface area contributed by atoms with Gasteiger partial charge in [-0.1, -0.05) is 17.7 Å². The molecule has 3 N–H and O–H groups in total. The highest BCUT2D eigenvalue weighted by Crippen LogP contribution is 2.36. The van der Waals surface area contributed by atoms with Gasteiger partial charge in [0.05, 0.1) is 24.9 Å². The zero-order valence-corrected chi connectivity index (χ0v) is 13.3. The third-order valence-electron chi connectivity index (χ3n) is 3.34. The van der Waals surface area contributed by atoms with Crippen LogP contribution in [0.3, 0.4) is 0 Å². The van der Waals surface area contributed by atoms with Crippen LogP contribution in [-0.2, 0) is 0 Å². The van der Waals surface area contributed by atoms with E-state index in [9.17, 15) is 4.79 Å². The number of anilines is 2. The molecule has 6 heteroatoms. The molecule has 0 saturated carbocycles. The smallest absolute Gasteiger partial charge is 0.256 e. The van der Waals surface area contributed by atoms with Crippen molar-refractivity contribution in [3.05, 3.63) is 46.5 Å². The summed E-state index contributed by atoms with van der Waals surface area (Å²) >= 11 is 6.05. The minimum atomic E-state index is -0.285. The molecule has 0 fully saturated rings. The zero-order chi connectivity index (χ0) is 16.3. The summed E-state index contributed by atoms with van der Waals surface area (Å²) in [7, 11) is 3.00. The van der Waals surface area contributed by atoms with Gasteiger partial charge in [0.1, 0.15) is 11.5 Å². The Kier molecular flexibility index (Phi) is 4.78. The monoisotopic (exact) mass is 320 g/mol. The van der Waals surface area contributed by atoms with Gasteiger partial charge in [0.2, 0.25) is 0 Å². The molecule has 0 heterocycles. The largest absolute Gasteiger partial charge is 0.495 e. The third-order valence-corrected chi connectivity index (χ3v) is 3.64. The van der Waals surface area contributed by atoms with E-state index in [2.05, 4.69) is 5.32 Å². The van der Waals surface area contributed by atoms with Crippen LogP contribution in [-0.4, -0.2) is 20.1 Å². The van der Waals surface area contributed by atoms with Crippen molar-refractivity contribution in [2.45, 2.75) is 6.92 Å². The van der Waals surface area contributed by atoms with E-state index in [-0.39, 0.29) is 5.91 Å². The third kappa shape index (κ3) is 3.09. The Balaban J connectivity index is 2.37. The van der Waals surface area contributed by atoms with Crippen molar-refractivity contribution < 1.29 is 14.3 Å². The van der Waals surface area contributed by atoms with Gasteiger partial charge in [-0.25, -0.2) is 0 Å². The first-order valence-corrected chi connectivity index (χ1v) is 6.93. The number of hydrogen-bond donors (Lipinski definition) is 2. The molecule has 5 nitrogen and oxygen atoms in total. The molecule has 2 aromatic rings. The van der Waals surface area contributed by atoms with Crippen LogP contribution >= 0.6 is 11.6 Å². The number of halogens is 1. The van der Waals surface area contributed by atoms with Crippen LogP contribution in [0.2, 0.25) is 5.02 Å². The Morgan fingerprint density at radius 1 is 1.18 bits per heavy atom. The summed E-state index contributed by atoms with van der Waals surface area (Å²) in [5.74, 6) is 0.607. The molecule has 116 valence electrons. The number of nitrogens with one attached hydrogen (secondary N) is 1. The normalized spacial score (nSPS) is 10.2. The van der Waals surface area contributed by atoms with Crippen LogP contribution < -0.4 is 20.5 Å². The fourth-order valence-electron chi connectivity index (χ4n) is 2.05. The average Bonchev–Trinajstić information content (AvgIpc) is 2.51. The van der Waals surface area contributed by atoms with Crippen LogP contribution in [0, 0.1) is 6.92 Å². The maximum Gasteiger partial charge on any atom is 0.256 e. The molecule has 0 saturated heterocycles. The Labute approximate surface area is 134 Å². The second-order valence-corrected chi connectivity index (χ2v) is 5.07. The first-order chi connectivity index (χ1) is 10.5. The lowest BCUT2D eigenvalue weighted by atomic mass is 10.1. The minimum absolute atomic E-state index is 0.285. The molecule has 1 amide bonds. The minimum Gasteiger partial charge on any atom is -0.495 e. The van der Waals surface area contributed by atoms with Gasteiger partial charge in [0.25, 0.3) is 5.91 Å². The molecule has 22 heavy (non-hydrogen) atoms. The van der Waals surface area contributed by atoms with E-state index in [0.717, 1.165) is 5.56 Å². The highest BCUT2D eigenvalue weighted by Gasteiger charge is 2.15. The number of amides is 1. The Morgan fingerprint density at radius 2 is 1.86 bits per heavy atom. The maximum atomic E-state index is 12.4. The molecular weight excluding hydrogens is 304 g/mol. The van der Waals surface area contributed by atoms with Gasteiger partial charge in [-0.2, -0.15) is 0 Å². The topological polar surface area (TPSA) is 73.6 Å². The number of carbonyl (C=O) groups excluding carboxylic acids is 1. The van der Waals surface area contributed by atoms with Gasteiger partial charge < -0.3 is 20.5 Å². The van der Waals surface area contributed by atoms with Gasteiger partial charge >= 0.3 is 0 Å². The average molecular weight is 321 g/mol. The summed E-state index contributed by atoms with van der Waals surface area (Å²) in [6.07, 6.45) is 0. The number of ether oxygens (including phenoxy) is 2.